The van der Waals surface area contributed by atoms with Crippen molar-refractivity contribution in [2.24, 2.45) is 0 Å². The molecule has 2 aromatic carbocycles. The number of hydrogen-bond acceptors (Lipinski definition) is 3. The van der Waals surface area contributed by atoms with E-state index >= 15 is 0 Å². The van der Waals surface area contributed by atoms with Gasteiger partial charge in [0, 0.05) is 17.5 Å². The van der Waals surface area contributed by atoms with Gasteiger partial charge in [-0.1, -0.05) is 30.3 Å². The Morgan fingerprint density at radius 3 is 2.77 bits per heavy atom. The van der Waals surface area contributed by atoms with Gasteiger partial charge in [-0.2, -0.15) is 5.10 Å². The molecule has 0 saturated carbocycles. The molecule has 0 spiro atoms. The molecule has 3 heterocycles. The lowest BCUT2D eigenvalue weighted by molar-refractivity contribution is 0.608. The minimum Gasteiger partial charge on any atom is -0.454 e. The number of para-hydroxylation sites is 2. The minimum atomic E-state index is -0.292. The molecule has 0 saturated heterocycles. The lowest BCUT2D eigenvalue weighted by atomic mass is 10.1. The Morgan fingerprint density at radius 2 is 1.88 bits per heavy atom. The lowest BCUT2D eigenvalue weighted by Crippen LogP contribution is -2.08. The summed E-state index contributed by atoms with van der Waals surface area (Å²) in [5.41, 5.74) is 3.15. The van der Waals surface area contributed by atoms with E-state index in [0.717, 1.165) is 59.6 Å². The first-order chi connectivity index (χ1) is 12.8. The van der Waals surface area contributed by atoms with Crippen LogP contribution in [0.15, 0.2) is 59.0 Å². The van der Waals surface area contributed by atoms with Gasteiger partial charge >= 0.3 is 0 Å². The summed E-state index contributed by atoms with van der Waals surface area (Å²) in [5, 5.41) is 9.23. The van der Waals surface area contributed by atoms with Crippen molar-refractivity contribution in [3.8, 4) is 17.1 Å². The average Bonchev–Trinajstić information content (AvgIpc) is 3.15. The maximum atomic E-state index is 14.4. The Hall–Kier alpha value is -3.08. The van der Waals surface area contributed by atoms with E-state index in [1.165, 1.54) is 6.07 Å². The van der Waals surface area contributed by atoms with Crippen molar-refractivity contribution in [2.75, 3.05) is 11.9 Å². The molecule has 0 aliphatic carbocycles. The summed E-state index contributed by atoms with van der Waals surface area (Å²) in [7, 11) is 0. The number of fused-ring (bicyclic) bond motifs is 2. The summed E-state index contributed by atoms with van der Waals surface area (Å²) in [6.07, 6.45) is 3.03. The molecule has 5 heteroatoms. The maximum absolute atomic E-state index is 14.4. The van der Waals surface area contributed by atoms with Gasteiger partial charge in [-0.3, -0.25) is 0 Å². The number of anilines is 1. The van der Waals surface area contributed by atoms with Crippen LogP contribution in [0.4, 0.5) is 10.2 Å². The van der Waals surface area contributed by atoms with Crippen LogP contribution in [0.5, 0.6) is 0 Å². The van der Waals surface area contributed by atoms with Gasteiger partial charge in [0.2, 0.25) is 0 Å². The smallest absolute Gasteiger partial charge is 0.156 e. The Kier molecular flexibility index (Phi) is 3.52. The van der Waals surface area contributed by atoms with Gasteiger partial charge in [0.25, 0.3) is 0 Å². The number of aromatic nitrogens is 2. The fraction of sp³-hybridized carbons (Fsp3) is 0.190. The highest BCUT2D eigenvalue weighted by Crippen LogP contribution is 2.36. The van der Waals surface area contributed by atoms with Crippen LogP contribution in [0, 0.1) is 5.82 Å². The van der Waals surface area contributed by atoms with Crippen molar-refractivity contribution in [1.82, 2.24) is 9.78 Å². The summed E-state index contributed by atoms with van der Waals surface area (Å²) in [5.74, 6) is 1.30. The predicted octanol–water partition coefficient (Wildman–Crippen LogP) is 5.17. The van der Waals surface area contributed by atoms with Crippen LogP contribution in [0.2, 0.25) is 0 Å². The predicted molar refractivity (Wildman–Crippen MR) is 100 cm³/mol. The molecule has 26 heavy (non-hydrogen) atoms. The summed E-state index contributed by atoms with van der Waals surface area (Å²) in [6.45, 7) is 0.854. The minimum absolute atomic E-state index is 0.292. The number of rotatable bonds is 2. The van der Waals surface area contributed by atoms with Crippen LogP contribution in [0.25, 0.3) is 28.1 Å². The fourth-order valence-corrected chi connectivity index (χ4v) is 3.60. The molecule has 4 nitrogen and oxygen atoms in total. The zero-order valence-corrected chi connectivity index (χ0v) is 14.2. The first-order valence-corrected chi connectivity index (χ1v) is 8.91. The van der Waals surface area contributed by atoms with Crippen molar-refractivity contribution in [3.63, 3.8) is 0 Å². The summed E-state index contributed by atoms with van der Waals surface area (Å²) < 4.78 is 22.1. The maximum Gasteiger partial charge on any atom is 0.156 e. The van der Waals surface area contributed by atoms with Gasteiger partial charge in [0.15, 0.2) is 5.76 Å². The number of benzene rings is 2. The highest BCUT2D eigenvalue weighted by atomic mass is 19.1. The Labute approximate surface area is 150 Å². The second kappa shape index (κ2) is 6.02. The molecule has 0 amide bonds. The van der Waals surface area contributed by atoms with Crippen molar-refractivity contribution < 1.29 is 8.81 Å². The van der Waals surface area contributed by atoms with Gasteiger partial charge in [-0.25, -0.2) is 9.07 Å². The van der Waals surface area contributed by atoms with Crippen LogP contribution < -0.4 is 5.32 Å². The molecular formula is C21H18FN3O. The molecule has 0 bridgehead atoms. The first kappa shape index (κ1) is 15.2. The van der Waals surface area contributed by atoms with Crippen LogP contribution >= 0.6 is 0 Å². The van der Waals surface area contributed by atoms with Gasteiger partial charge < -0.3 is 9.73 Å². The Bertz CT molecular complexity index is 1060. The van der Waals surface area contributed by atoms with E-state index < -0.39 is 0 Å². The SMILES string of the molecule is Fc1ccccc1-n1nc(-c2cc3ccccc3o2)c2c1NCCCC2. The fourth-order valence-electron chi connectivity index (χ4n) is 3.60. The first-order valence-electron chi connectivity index (χ1n) is 8.91. The molecule has 5 rings (SSSR count). The van der Waals surface area contributed by atoms with Crippen LogP contribution in [-0.4, -0.2) is 16.3 Å². The molecule has 1 N–H and O–H groups in total. The van der Waals surface area contributed by atoms with Crippen LogP contribution in [0.3, 0.4) is 0 Å². The van der Waals surface area contributed by atoms with E-state index in [2.05, 4.69) is 5.32 Å². The monoisotopic (exact) mass is 347 g/mol. The average molecular weight is 347 g/mol. The van der Waals surface area contributed by atoms with Crippen molar-refractivity contribution >= 4 is 16.8 Å². The van der Waals surface area contributed by atoms with E-state index in [0.29, 0.717) is 5.69 Å². The topological polar surface area (TPSA) is 43.0 Å². The number of nitrogens with zero attached hydrogens (tertiary/aromatic N) is 2. The number of nitrogens with one attached hydrogen (secondary N) is 1. The second-order valence-corrected chi connectivity index (χ2v) is 6.57. The molecule has 0 fully saturated rings. The van der Waals surface area contributed by atoms with Crippen LogP contribution in [0.1, 0.15) is 18.4 Å². The molecule has 0 unspecified atom stereocenters. The Morgan fingerprint density at radius 1 is 1.04 bits per heavy atom. The van der Waals surface area contributed by atoms with Crippen LogP contribution in [-0.2, 0) is 6.42 Å². The normalized spacial score (nSPS) is 14.0. The molecule has 130 valence electrons. The van der Waals surface area contributed by atoms with Crippen molar-refractivity contribution in [2.45, 2.75) is 19.3 Å². The third-order valence-electron chi connectivity index (χ3n) is 4.87. The summed E-state index contributed by atoms with van der Waals surface area (Å²) in [4.78, 5) is 0. The molecule has 0 radical (unpaired) electrons. The van der Waals surface area contributed by atoms with E-state index in [4.69, 9.17) is 9.52 Å². The summed E-state index contributed by atoms with van der Waals surface area (Å²) in [6, 6.07) is 16.6. The standard InChI is InChI=1S/C21H18FN3O/c22-16-9-2-3-10-17(16)25-21-15(8-5-6-12-23-21)20(24-25)19-13-14-7-1-4-11-18(14)26-19/h1-4,7,9-11,13,23H,5-6,8,12H2. The highest BCUT2D eigenvalue weighted by molar-refractivity contribution is 5.83. The largest absolute Gasteiger partial charge is 0.454 e. The number of hydrogen-bond donors (Lipinski definition) is 1. The van der Waals surface area contributed by atoms with E-state index in [1.54, 1.807) is 16.8 Å². The number of furan rings is 1. The van der Waals surface area contributed by atoms with Gasteiger partial charge in [-0.15, -0.1) is 0 Å². The van der Waals surface area contributed by atoms with E-state index in [1.807, 2.05) is 36.4 Å². The molecule has 4 aromatic rings. The van der Waals surface area contributed by atoms with Gasteiger partial charge in [0.1, 0.15) is 28.6 Å². The molecule has 1 aliphatic heterocycles. The second-order valence-electron chi connectivity index (χ2n) is 6.57. The molecule has 1 aliphatic rings. The quantitative estimate of drug-likeness (QED) is 0.544. The molecule has 0 atom stereocenters. The summed E-state index contributed by atoms with van der Waals surface area (Å²) >= 11 is 0. The molecular weight excluding hydrogens is 329 g/mol. The van der Waals surface area contributed by atoms with E-state index in [9.17, 15) is 4.39 Å². The van der Waals surface area contributed by atoms with Gasteiger partial charge in [0.05, 0.1) is 0 Å². The van der Waals surface area contributed by atoms with Crippen molar-refractivity contribution in [1.29, 1.82) is 0 Å². The third kappa shape index (κ3) is 2.39. The lowest BCUT2D eigenvalue weighted by Gasteiger charge is -2.09. The zero-order chi connectivity index (χ0) is 17.5. The number of halogens is 1. The third-order valence-corrected chi connectivity index (χ3v) is 4.87. The van der Waals surface area contributed by atoms with Crippen molar-refractivity contribution in [3.05, 3.63) is 66.0 Å². The zero-order valence-electron chi connectivity index (χ0n) is 14.2. The van der Waals surface area contributed by atoms with E-state index in [-0.39, 0.29) is 5.82 Å². The molecule has 2 aromatic heterocycles. The van der Waals surface area contributed by atoms with Gasteiger partial charge in [-0.05, 0) is 43.5 Å². The highest BCUT2D eigenvalue weighted by Gasteiger charge is 2.24. The Balaban J connectivity index is 1.74.